The molecule has 2 heterocycles. The van der Waals surface area contributed by atoms with E-state index in [-0.39, 0.29) is 29.7 Å². The molecule has 1 aliphatic heterocycles. The van der Waals surface area contributed by atoms with Crippen LogP contribution in [0.3, 0.4) is 0 Å². The van der Waals surface area contributed by atoms with E-state index in [1.807, 2.05) is 13.8 Å². The van der Waals surface area contributed by atoms with E-state index < -0.39 is 10.0 Å². The van der Waals surface area contributed by atoms with Gasteiger partial charge in [0.05, 0.1) is 13.4 Å². The number of hydrogen-bond donors (Lipinski definition) is 0. The minimum absolute atomic E-state index is 0.161. The van der Waals surface area contributed by atoms with E-state index in [1.54, 1.807) is 29.2 Å². The van der Waals surface area contributed by atoms with Crippen LogP contribution in [0.5, 0.6) is 5.75 Å². The van der Waals surface area contributed by atoms with E-state index in [9.17, 15) is 13.2 Å². The van der Waals surface area contributed by atoms with E-state index in [1.165, 1.54) is 17.7 Å². The minimum atomic E-state index is -3.70. The van der Waals surface area contributed by atoms with Gasteiger partial charge in [-0.15, -0.1) is 0 Å². The van der Waals surface area contributed by atoms with Gasteiger partial charge in [-0.3, -0.25) is 4.79 Å². The Morgan fingerprint density at radius 1 is 1.12 bits per heavy atom. The molecule has 140 valence electrons. The van der Waals surface area contributed by atoms with Gasteiger partial charge in [0.1, 0.15) is 10.6 Å². The molecule has 1 aromatic heterocycles. The Labute approximate surface area is 153 Å². The van der Waals surface area contributed by atoms with Crippen molar-refractivity contribution < 1.29 is 22.4 Å². The Morgan fingerprint density at radius 3 is 2.35 bits per heavy atom. The molecule has 1 aliphatic rings. The standard InChI is InChI=1S/C18H22N2O5S/c1-13-11-16(24-3)17(12-14(13)2)26(22,23)20-8-6-19(7-9-20)18(21)15-5-4-10-25-15/h4-5,10-12H,6-9H2,1-3H3. The third-order valence-electron chi connectivity index (χ3n) is 4.66. The van der Waals surface area contributed by atoms with Gasteiger partial charge in [-0.2, -0.15) is 4.31 Å². The van der Waals surface area contributed by atoms with Crippen molar-refractivity contribution in [3.63, 3.8) is 0 Å². The summed E-state index contributed by atoms with van der Waals surface area (Å²) in [5.41, 5.74) is 1.85. The third kappa shape index (κ3) is 3.34. The largest absolute Gasteiger partial charge is 0.495 e. The SMILES string of the molecule is COc1cc(C)c(C)cc1S(=O)(=O)N1CCN(C(=O)c2ccco2)CC1. The van der Waals surface area contributed by atoms with E-state index in [0.717, 1.165) is 11.1 Å². The number of nitrogens with zero attached hydrogens (tertiary/aromatic N) is 2. The van der Waals surface area contributed by atoms with E-state index in [0.29, 0.717) is 18.8 Å². The highest BCUT2D eigenvalue weighted by molar-refractivity contribution is 7.89. The fourth-order valence-corrected chi connectivity index (χ4v) is 4.60. The van der Waals surface area contributed by atoms with Crippen LogP contribution in [0.4, 0.5) is 0 Å². The molecule has 0 atom stereocenters. The zero-order valence-corrected chi connectivity index (χ0v) is 15.9. The minimum Gasteiger partial charge on any atom is -0.495 e. The molecule has 0 unspecified atom stereocenters. The van der Waals surface area contributed by atoms with Crippen LogP contribution in [-0.2, 0) is 10.0 Å². The van der Waals surface area contributed by atoms with Crippen molar-refractivity contribution in [2.24, 2.45) is 0 Å². The van der Waals surface area contributed by atoms with Crippen molar-refractivity contribution in [2.45, 2.75) is 18.7 Å². The zero-order valence-electron chi connectivity index (χ0n) is 15.1. The Bertz CT molecular complexity index is 898. The zero-order chi connectivity index (χ0) is 18.9. The summed E-state index contributed by atoms with van der Waals surface area (Å²) in [6.07, 6.45) is 1.44. The number of aryl methyl sites for hydroxylation is 2. The molecule has 7 nitrogen and oxygen atoms in total. The highest BCUT2D eigenvalue weighted by Gasteiger charge is 2.33. The average molecular weight is 378 g/mol. The number of carbonyl (C=O) groups is 1. The number of methoxy groups -OCH3 is 1. The fraction of sp³-hybridized carbons (Fsp3) is 0.389. The van der Waals surface area contributed by atoms with Gasteiger partial charge in [0.25, 0.3) is 5.91 Å². The molecule has 1 amide bonds. The lowest BCUT2D eigenvalue weighted by Gasteiger charge is -2.33. The lowest BCUT2D eigenvalue weighted by molar-refractivity contribution is 0.0666. The number of ether oxygens (including phenoxy) is 1. The highest BCUT2D eigenvalue weighted by atomic mass is 32.2. The predicted molar refractivity (Wildman–Crippen MR) is 95.8 cm³/mol. The van der Waals surface area contributed by atoms with E-state index in [2.05, 4.69) is 0 Å². The van der Waals surface area contributed by atoms with Crippen LogP contribution in [-0.4, -0.2) is 56.8 Å². The summed E-state index contributed by atoms with van der Waals surface area (Å²) < 4.78 is 37.9. The molecular formula is C18H22N2O5S. The maximum Gasteiger partial charge on any atom is 0.289 e. The van der Waals surface area contributed by atoms with Gasteiger partial charge in [0.15, 0.2) is 5.76 Å². The number of hydrogen-bond acceptors (Lipinski definition) is 5. The molecule has 1 fully saturated rings. The molecule has 0 N–H and O–H groups in total. The van der Waals surface area contributed by atoms with Gasteiger partial charge < -0.3 is 14.1 Å². The van der Waals surface area contributed by atoms with Crippen LogP contribution in [0.1, 0.15) is 21.7 Å². The molecule has 8 heteroatoms. The van der Waals surface area contributed by atoms with Crippen molar-refractivity contribution in [1.82, 2.24) is 9.21 Å². The molecule has 0 aliphatic carbocycles. The maximum absolute atomic E-state index is 13.1. The smallest absolute Gasteiger partial charge is 0.289 e. The number of piperazine rings is 1. The summed E-state index contributed by atoms with van der Waals surface area (Å²) in [7, 11) is -2.24. The number of sulfonamides is 1. The molecule has 1 saturated heterocycles. The summed E-state index contributed by atoms with van der Waals surface area (Å²) in [5.74, 6) is 0.370. The number of benzene rings is 1. The molecular weight excluding hydrogens is 356 g/mol. The molecule has 0 saturated carbocycles. The molecule has 2 aromatic rings. The van der Waals surface area contributed by atoms with Crippen LogP contribution in [0.25, 0.3) is 0 Å². The first-order chi connectivity index (χ1) is 12.3. The Balaban J connectivity index is 1.78. The monoisotopic (exact) mass is 378 g/mol. The summed E-state index contributed by atoms with van der Waals surface area (Å²) in [6.45, 7) is 4.86. The van der Waals surface area contributed by atoms with E-state index >= 15 is 0 Å². The van der Waals surface area contributed by atoms with E-state index in [4.69, 9.17) is 9.15 Å². The number of furan rings is 1. The summed E-state index contributed by atoms with van der Waals surface area (Å²) in [4.78, 5) is 14.1. The van der Waals surface area contributed by atoms with Crippen LogP contribution >= 0.6 is 0 Å². The second-order valence-electron chi connectivity index (χ2n) is 6.26. The van der Waals surface area contributed by atoms with Crippen LogP contribution in [0, 0.1) is 13.8 Å². The van der Waals surface area contributed by atoms with Gasteiger partial charge >= 0.3 is 0 Å². The Kier molecular flexibility index (Phi) is 5.06. The summed E-state index contributed by atoms with van der Waals surface area (Å²) in [6, 6.07) is 6.63. The van der Waals surface area contributed by atoms with Gasteiger partial charge in [-0.25, -0.2) is 8.42 Å². The summed E-state index contributed by atoms with van der Waals surface area (Å²) in [5, 5.41) is 0. The summed E-state index contributed by atoms with van der Waals surface area (Å²) >= 11 is 0. The maximum atomic E-state index is 13.1. The average Bonchev–Trinajstić information content (AvgIpc) is 3.17. The molecule has 0 radical (unpaired) electrons. The first-order valence-corrected chi connectivity index (χ1v) is 9.76. The van der Waals surface area contributed by atoms with Gasteiger partial charge in [0.2, 0.25) is 10.0 Å². The molecule has 0 bridgehead atoms. The van der Waals surface area contributed by atoms with Crippen LogP contribution in [0.15, 0.2) is 39.8 Å². The van der Waals surface area contributed by atoms with Crippen molar-refractivity contribution in [3.8, 4) is 5.75 Å². The van der Waals surface area contributed by atoms with Gasteiger partial charge in [0, 0.05) is 26.2 Å². The van der Waals surface area contributed by atoms with Crippen molar-refractivity contribution >= 4 is 15.9 Å². The van der Waals surface area contributed by atoms with Gasteiger partial charge in [-0.1, -0.05) is 0 Å². The fourth-order valence-electron chi connectivity index (χ4n) is 2.95. The second kappa shape index (κ2) is 7.13. The molecule has 3 rings (SSSR count). The van der Waals surface area contributed by atoms with Gasteiger partial charge in [-0.05, 0) is 49.2 Å². The molecule has 1 aromatic carbocycles. The third-order valence-corrected chi connectivity index (χ3v) is 6.58. The van der Waals surface area contributed by atoms with Crippen LogP contribution in [0.2, 0.25) is 0 Å². The van der Waals surface area contributed by atoms with Crippen LogP contribution < -0.4 is 4.74 Å². The molecule has 0 spiro atoms. The lowest BCUT2D eigenvalue weighted by Crippen LogP contribution is -2.50. The second-order valence-corrected chi connectivity index (χ2v) is 8.17. The first-order valence-electron chi connectivity index (χ1n) is 8.32. The quantitative estimate of drug-likeness (QED) is 0.813. The normalized spacial score (nSPS) is 15.9. The first kappa shape index (κ1) is 18.5. The van der Waals surface area contributed by atoms with Crippen molar-refractivity contribution in [1.29, 1.82) is 0 Å². The lowest BCUT2D eigenvalue weighted by atomic mass is 10.1. The Morgan fingerprint density at radius 2 is 1.77 bits per heavy atom. The highest BCUT2D eigenvalue weighted by Crippen LogP contribution is 2.30. The van der Waals surface area contributed by atoms with Crippen molar-refractivity contribution in [2.75, 3.05) is 33.3 Å². The number of amides is 1. The topological polar surface area (TPSA) is 80.1 Å². The number of rotatable bonds is 4. The van der Waals surface area contributed by atoms with Crippen molar-refractivity contribution in [3.05, 3.63) is 47.4 Å². The number of carbonyl (C=O) groups excluding carboxylic acids is 1. The predicted octanol–water partition coefficient (Wildman–Crippen LogP) is 2.05. The Hall–Kier alpha value is -2.32. The molecule has 26 heavy (non-hydrogen) atoms.